The van der Waals surface area contributed by atoms with Crippen molar-refractivity contribution in [3.05, 3.63) is 53.7 Å². The van der Waals surface area contributed by atoms with Gasteiger partial charge >= 0.3 is 0 Å². The highest BCUT2D eigenvalue weighted by atomic mass is 16.5. The summed E-state index contributed by atoms with van der Waals surface area (Å²) in [6.07, 6.45) is -0.230. The van der Waals surface area contributed by atoms with Gasteiger partial charge in [-0.15, -0.1) is 0 Å². The van der Waals surface area contributed by atoms with Crippen LogP contribution in [0.4, 0.5) is 0 Å². The Morgan fingerprint density at radius 3 is 2.60 bits per heavy atom. The largest absolute Gasteiger partial charge is 0.483 e. The molecule has 1 aromatic heterocycles. The van der Waals surface area contributed by atoms with Gasteiger partial charge in [-0.3, -0.25) is 9.59 Å². The number of fused-ring (bicyclic) bond motifs is 1. The molecule has 2 aliphatic heterocycles. The van der Waals surface area contributed by atoms with Crippen LogP contribution in [-0.2, 0) is 11.2 Å². The molecule has 1 aromatic carbocycles. The minimum Gasteiger partial charge on any atom is -0.483 e. The van der Waals surface area contributed by atoms with Gasteiger partial charge in [0.1, 0.15) is 11.4 Å². The first kappa shape index (κ1) is 24.9. The summed E-state index contributed by atoms with van der Waals surface area (Å²) in [5.74, 6) is 0.578. The molecule has 35 heavy (non-hydrogen) atoms. The van der Waals surface area contributed by atoms with Crippen molar-refractivity contribution in [2.24, 2.45) is 5.41 Å². The van der Waals surface area contributed by atoms with Crippen LogP contribution in [0.2, 0.25) is 0 Å². The fourth-order valence-corrected chi connectivity index (χ4v) is 5.02. The smallest absolute Gasteiger partial charge is 0.272 e. The van der Waals surface area contributed by atoms with Crippen LogP contribution >= 0.6 is 0 Å². The second-order valence-electron chi connectivity index (χ2n) is 9.55. The molecule has 3 heterocycles. The van der Waals surface area contributed by atoms with Gasteiger partial charge in [-0.05, 0) is 42.4 Å². The number of methoxy groups -OCH3 is 1. The lowest BCUT2D eigenvalue weighted by Gasteiger charge is -2.45. The molecule has 2 N–H and O–H groups in total. The average Bonchev–Trinajstić information content (AvgIpc) is 2.87. The number of piperidine rings is 1. The second-order valence-corrected chi connectivity index (χ2v) is 9.55. The molecule has 1 spiro atoms. The number of likely N-dealkylation sites (N-methyl/N-ethyl adjacent to an activating group) is 1. The molecule has 1 fully saturated rings. The van der Waals surface area contributed by atoms with Crippen LogP contribution in [0, 0.1) is 5.41 Å². The Morgan fingerprint density at radius 2 is 1.86 bits per heavy atom. The highest BCUT2D eigenvalue weighted by Crippen LogP contribution is 2.39. The molecule has 188 valence electrons. The number of ether oxygens (including phenoxy) is 2. The zero-order chi connectivity index (χ0) is 25.0. The predicted octanol–water partition coefficient (Wildman–Crippen LogP) is 1.52. The van der Waals surface area contributed by atoms with Gasteiger partial charge in [0.15, 0.2) is 6.61 Å². The zero-order valence-electron chi connectivity index (χ0n) is 20.2. The van der Waals surface area contributed by atoms with E-state index in [0.29, 0.717) is 56.2 Å². The molecular weight excluding hydrogens is 450 g/mol. The van der Waals surface area contributed by atoms with Gasteiger partial charge in [0.05, 0.1) is 19.3 Å². The third-order valence-electron chi connectivity index (χ3n) is 7.10. The number of aliphatic hydroxyl groups excluding tert-OH is 2. The Hall–Kier alpha value is -3.17. The lowest BCUT2D eigenvalue weighted by molar-refractivity contribution is -0.135. The number of nitrogens with zero attached hydrogens (tertiary/aromatic N) is 3. The second kappa shape index (κ2) is 10.6. The molecule has 2 aliphatic rings. The van der Waals surface area contributed by atoms with Crippen LogP contribution in [-0.4, -0.2) is 89.4 Å². The fourth-order valence-electron chi connectivity index (χ4n) is 5.02. The molecule has 0 aliphatic carbocycles. The number of rotatable bonds is 2. The summed E-state index contributed by atoms with van der Waals surface area (Å²) >= 11 is 0. The number of amides is 2. The molecule has 0 bridgehead atoms. The maximum absolute atomic E-state index is 13.0. The van der Waals surface area contributed by atoms with Gasteiger partial charge in [0.2, 0.25) is 5.88 Å². The molecule has 2 amide bonds. The fraction of sp³-hybridized carbons (Fsp3) is 0.500. The van der Waals surface area contributed by atoms with Crippen molar-refractivity contribution in [3.8, 4) is 11.6 Å². The predicted molar refractivity (Wildman–Crippen MR) is 128 cm³/mol. The lowest BCUT2D eigenvalue weighted by Crippen LogP contribution is -2.51. The summed E-state index contributed by atoms with van der Waals surface area (Å²) in [4.78, 5) is 33.5. The molecule has 2 atom stereocenters. The molecule has 9 heteroatoms. The van der Waals surface area contributed by atoms with Crippen LogP contribution < -0.4 is 9.47 Å². The van der Waals surface area contributed by atoms with Gasteiger partial charge in [-0.1, -0.05) is 24.3 Å². The monoisotopic (exact) mass is 483 g/mol. The minimum atomic E-state index is -0.978. The van der Waals surface area contributed by atoms with E-state index in [0.717, 1.165) is 5.56 Å². The highest BCUT2D eigenvalue weighted by molar-refractivity contribution is 5.92. The average molecular weight is 484 g/mol. The summed E-state index contributed by atoms with van der Waals surface area (Å²) in [6.45, 7) is 1.22. The molecule has 0 saturated carbocycles. The third kappa shape index (κ3) is 5.74. The molecule has 0 radical (unpaired) electrons. The van der Waals surface area contributed by atoms with Crippen molar-refractivity contribution < 1.29 is 29.3 Å². The Balaban J connectivity index is 1.51. The maximum atomic E-state index is 13.0. The molecule has 9 nitrogen and oxygen atoms in total. The molecule has 4 rings (SSSR count). The number of carbonyl (C=O) groups is 2. The van der Waals surface area contributed by atoms with Crippen molar-refractivity contribution in [1.82, 2.24) is 14.8 Å². The van der Waals surface area contributed by atoms with E-state index in [4.69, 9.17) is 9.47 Å². The number of pyridine rings is 1. The Labute approximate surface area is 205 Å². The normalized spacial score (nSPS) is 23.0. The van der Waals surface area contributed by atoms with E-state index >= 15 is 0 Å². The lowest BCUT2D eigenvalue weighted by atomic mass is 9.72. The van der Waals surface area contributed by atoms with Crippen molar-refractivity contribution in [2.75, 3.05) is 40.4 Å². The first-order valence-corrected chi connectivity index (χ1v) is 11.9. The molecular formula is C26H33N3O6. The number of benzene rings is 1. The molecule has 2 aromatic rings. The maximum Gasteiger partial charge on any atom is 0.272 e. The zero-order valence-corrected chi connectivity index (χ0v) is 20.2. The van der Waals surface area contributed by atoms with Crippen molar-refractivity contribution in [3.63, 3.8) is 0 Å². The Bertz CT molecular complexity index is 1050. The van der Waals surface area contributed by atoms with E-state index in [2.05, 4.69) is 4.98 Å². The number of carbonyl (C=O) groups excluding carboxylic acids is 2. The van der Waals surface area contributed by atoms with Gasteiger partial charge in [0.25, 0.3) is 11.8 Å². The van der Waals surface area contributed by atoms with Crippen LogP contribution in [0.1, 0.15) is 35.3 Å². The minimum absolute atomic E-state index is 0.103. The van der Waals surface area contributed by atoms with Crippen molar-refractivity contribution in [2.45, 2.75) is 37.9 Å². The van der Waals surface area contributed by atoms with Crippen LogP contribution in [0.3, 0.4) is 0 Å². The summed E-state index contributed by atoms with van der Waals surface area (Å²) in [6, 6.07) is 12.3. The number of hydrogen-bond acceptors (Lipinski definition) is 7. The van der Waals surface area contributed by atoms with Gasteiger partial charge in [-0.25, -0.2) is 4.98 Å². The summed E-state index contributed by atoms with van der Waals surface area (Å²) in [5, 5.41) is 21.8. The number of para-hydroxylation sites is 1. The number of likely N-dealkylation sites (tertiary alicyclic amines) is 1. The van der Waals surface area contributed by atoms with Crippen LogP contribution in [0.25, 0.3) is 0 Å². The quantitative estimate of drug-likeness (QED) is 0.666. The van der Waals surface area contributed by atoms with E-state index in [-0.39, 0.29) is 24.8 Å². The summed E-state index contributed by atoms with van der Waals surface area (Å²) < 4.78 is 10.9. The summed E-state index contributed by atoms with van der Waals surface area (Å²) in [5.41, 5.74) is 0.621. The Kier molecular flexibility index (Phi) is 7.57. The third-order valence-corrected chi connectivity index (χ3v) is 7.10. The van der Waals surface area contributed by atoms with Gasteiger partial charge < -0.3 is 29.5 Å². The molecule has 1 saturated heterocycles. The van der Waals surface area contributed by atoms with E-state index in [1.165, 1.54) is 7.11 Å². The van der Waals surface area contributed by atoms with E-state index in [1.54, 1.807) is 41.1 Å². The number of aliphatic hydroxyl groups is 2. The van der Waals surface area contributed by atoms with E-state index in [1.807, 2.05) is 18.2 Å². The first-order valence-electron chi connectivity index (χ1n) is 11.9. The first-order chi connectivity index (χ1) is 16.8. The van der Waals surface area contributed by atoms with Crippen LogP contribution in [0.15, 0.2) is 42.5 Å². The number of aromatic nitrogens is 1. The number of hydrogen-bond donors (Lipinski definition) is 2. The van der Waals surface area contributed by atoms with Crippen LogP contribution in [0.5, 0.6) is 11.6 Å². The molecule has 0 unspecified atom stereocenters. The highest BCUT2D eigenvalue weighted by Gasteiger charge is 2.41. The standard InChI is InChI=1S/C26H33N3O6/c1-28-17-26(10-12-29(13-11-26)25(33)19-7-5-9-23(27-19)34-2)15-21(31)20(30)14-18-6-3-4-8-22(18)35-16-24(28)32/h3-9,20-21,30-31H,10-17H2,1-2H3/t20-,21+/m0/s1. The van der Waals surface area contributed by atoms with Gasteiger partial charge in [0, 0.05) is 39.2 Å². The van der Waals surface area contributed by atoms with E-state index in [9.17, 15) is 19.8 Å². The topological polar surface area (TPSA) is 112 Å². The van der Waals surface area contributed by atoms with Crippen molar-refractivity contribution >= 4 is 11.8 Å². The van der Waals surface area contributed by atoms with Gasteiger partial charge in [-0.2, -0.15) is 0 Å². The van der Waals surface area contributed by atoms with E-state index < -0.39 is 17.6 Å². The summed E-state index contributed by atoms with van der Waals surface area (Å²) in [7, 11) is 3.23. The van der Waals surface area contributed by atoms with Crippen molar-refractivity contribution in [1.29, 1.82) is 0 Å². The Morgan fingerprint density at radius 1 is 1.11 bits per heavy atom. The SMILES string of the molecule is COc1cccc(C(=O)N2CCC3(CC2)C[C@@H](O)[C@@H](O)Cc2ccccc2OCC(=O)N(C)C3)n1.